The lowest BCUT2D eigenvalue weighted by Gasteiger charge is -2.14. The Morgan fingerprint density at radius 2 is 1.76 bits per heavy atom. The third-order valence-corrected chi connectivity index (χ3v) is 5.10. The molecule has 0 aliphatic carbocycles. The molecule has 0 atom stereocenters. The van der Waals surface area contributed by atoms with Crippen LogP contribution in [0.2, 0.25) is 0 Å². The third-order valence-electron chi connectivity index (χ3n) is 5.10. The highest BCUT2D eigenvalue weighted by Gasteiger charge is 2.35. The van der Waals surface area contributed by atoms with Gasteiger partial charge in [0.2, 0.25) is 5.82 Å². The van der Waals surface area contributed by atoms with Crippen molar-refractivity contribution >= 4 is 17.8 Å². The van der Waals surface area contributed by atoms with Crippen LogP contribution in [0.25, 0.3) is 11.4 Å². The van der Waals surface area contributed by atoms with Gasteiger partial charge in [-0.05, 0) is 42.0 Å². The summed E-state index contributed by atoms with van der Waals surface area (Å²) in [6, 6.07) is 16.8. The van der Waals surface area contributed by atoms with Crippen molar-refractivity contribution in [1.82, 2.24) is 20.0 Å². The highest BCUT2D eigenvalue weighted by molar-refractivity contribution is 6.21. The van der Waals surface area contributed by atoms with E-state index < -0.39 is 5.97 Å². The lowest BCUT2D eigenvalue weighted by molar-refractivity contribution is 0.0429. The fraction of sp³-hybridized carbons (Fsp3) is 0.0833. The number of carbonyl (C=O) groups is 3. The van der Waals surface area contributed by atoms with Crippen molar-refractivity contribution in [3.8, 4) is 11.4 Å². The van der Waals surface area contributed by atoms with Gasteiger partial charge in [0, 0.05) is 18.0 Å². The van der Waals surface area contributed by atoms with Gasteiger partial charge in [-0.2, -0.15) is 4.98 Å². The summed E-state index contributed by atoms with van der Waals surface area (Å²) in [6.45, 7) is -0.152. The van der Waals surface area contributed by atoms with Crippen molar-refractivity contribution in [3.05, 3.63) is 101 Å². The maximum absolute atomic E-state index is 12.6. The Bertz CT molecular complexity index is 1330. The number of imide groups is 1. The van der Waals surface area contributed by atoms with E-state index in [0.717, 1.165) is 4.90 Å². The quantitative estimate of drug-likeness (QED) is 0.331. The molecule has 9 nitrogen and oxygen atoms in total. The molecule has 1 aliphatic rings. The van der Waals surface area contributed by atoms with E-state index >= 15 is 0 Å². The second kappa shape index (κ2) is 8.46. The first-order valence-corrected chi connectivity index (χ1v) is 10.0. The molecule has 0 saturated carbocycles. The molecule has 5 rings (SSSR count). The molecule has 2 aromatic carbocycles. The van der Waals surface area contributed by atoms with E-state index in [1.807, 2.05) is 0 Å². The standard InChI is InChI=1S/C24H16N4O5/c29-22-18-8-1-2-9-19(18)23(30)28(22)13-15-5-3-6-16(11-15)24(31)32-14-20-26-21(27-33-20)17-7-4-10-25-12-17/h1-12H,13-14H2. The van der Waals surface area contributed by atoms with Gasteiger partial charge in [-0.1, -0.05) is 29.4 Å². The second-order valence-electron chi connectivity index (χ2n) is 7.27. The van der Waals surface area contributed by atoms with Crippen molar-refractivity contribution in [1.29, 1.82) is 0 Å². The van der Waals surface area contributed by atoms with Crippen LogP contribution in [0, 0.1) is 0 Å². The van der Waals surface area contributed by atoms with E-state index in [1.54, 1.807) is 73.1 Å². The highest BCUT2D eigenvalue weighted by atomic mass is 16.6. The van der Waals surface area contributed by atoms with Crippen LogP contribution in [0.1, 0.15) is 42.5 Å². The summed E-state index contributed by atoms with van der Waals surface area (Å²) in [4.78, 5) is 47.0. The lowest BCUT2D eigenvalue weighted by atomic mass is 10.1. The third kappa shape index (κ3) is 3.99. The fourth-order valence-electron chi connectivity index (χ4n) is 3.50. The van der Waals surface area contributed by atoms with Crippen molar-refractivity contribution < 1.29 is 23.6 Å². The van der Waals surface area contributed by atoms with Gasteiger partial charge in [0.1, 0.15) is 0 Å². The molecule has 1 aliphatic heterocycles. The number of carbonyl (C=O) groups excluding carboxylic acids is 3. The zero-order valence-corrected chi connectivity index (χ0v) is 17.2. The topological polar surface area (TPSA) is 115 Å². The minimum Gasteiger partial charge on any atom is -0.452 e. The molecule has 2 aromatic heterocycles. The summed E-state index contributed by atoms with van der Waals surface area (Å²) in [5, 5.41) is 3.85. The summed E-state index contributed by atoms with van der Waals surface area (Å²) < 4.78 is 10.4. The first-order chi connectivity index (χ1) is 16.1. The number of ether oxygens (including phenoxy) is 1. The summed E-state index contributed by atoms with van der Waals surface area (Å²) in [6.07, 6.45) is 3.23. The van der Waals surface area contributed by atoms with Crippen molar-refractivity contribution in [2.45, 2.75) is 13.2 Å². The Kier molecular flexibility index (Phi) is 5.19. The van der Waals surface area contributed by atoms with E-state index in [2.05, 4.69) is 15.1 Å². The summed E-state index contributed by atoms with van der Waals surface area (Å²) in [5.74, 6) is -0.824. The predicted molar refractivity (Wildman–Crippen MR) is 114 cm³/mol. The average molecular weight is 440 g/mol. The number of esters is 1. The highest BCUT2D eigenvalue weighted by Crippen LogP contribution is 2.24. The minimum absolute atomic E-state index is 0.0472. The summed E-state index contributed by atoms with van der Waals surface area (Å²) in [7, 11) is 0. The predicted octanol–water partition coefficient (Wildman–Crippen LogP) is 3.28. The van der Waals surface area contributed by atoms with Gasteiger partial charge in [-0.25, -0.2) is 4.79 Å². The normalized spacial score (nSPS) is 12.7. The second-order valence-corrected chi connectivity index (χ2v) is 7.27. The molecule has 2 amide bonds. The van der Waals surface area contributed by atoms with Gasteiger partial charge in [-0.3, -0.25) is 19.5 Å². The van der Waals surface area contributed by atoms with E-state index in [0.29, 0.717) is 28.1 Å². The minimum atomic E-state index is -0.597. The van der Waals surface area contributed by atoms with Crippen LogP contribution in [-0.2, 0) is 17.9 Å². The zero-order valence-electron chi connectivity index (χ0n) is 17.2. The molecule has 162 valence electrons. The number of pyridine rings is 1. The first-order valence-electron chi connectivity index (χ1n) is 10.0. The van der Waals surface area contributed by atoms with Gasteiger partial charge in [-0.15, -0.1) is 0 Å². The molecule has 0 bridgehead atoms. The number of hydrogen-bond acceptors (Lipinski definition) is 8. The Balaban J connectivity index is 1.24. The van der Waals surface area contributed by atoms with Crippen molar-refractivity contribution in [2.24, 2.45) is 0 Å². The van der Waals surface area contributed by atoms with Crippen LogP contribution in [0.3, 0.4) is 0 Å². The molecule has 4 aromatic rings. The van der Waals surface area contributed by atoms with Gasteiger partial charge in [0.05, 0.1) is 23.2 Å². The van der Waals surface area contributed by atoms with Gasteiger partial charge in [0.25, 0.3) is 17.7 Å². The van der Waals surface area contributed by atoms with Crippen LogP contribution in [0.5, 0.6) is 0 Å². The maximum Gasteiger partial charge on any atom is 0.338 e. The van der Waals surface area contributed by atoms with Crippen LogP contribution < -0.4 is 0 Å². The number of rotatable bonds is 6. The fourth-order valence-corrected chi connectivity index (χ4v) is 3.50. The number of aromatic nitrogens is 3. The van der Waals surface area contributed by atoms with Gasteiger partial charge < -0.3 is 9.26 Å². The van der Waals surface area contributed by atoms with Gasteiger partial charge >= 0.3 is 5.97 Å². The van der Waals surface area contributed by atoms with Crippen LogP contribution in [0.4, 0.5) is 0 Å². The molecule has 0 saturated heterocycles. The first kappa shape index (κ1) is 20.3. The number of nitrogens with zero attached hydrogens (tertiary/aromatic N) is 4. The average Bonchev–Trinajstić information content (AvgIpc) is 3.43. The summed E-state index contributed by atoms with van der Waals surface area (Å²) in [5.41, 5.74) is 2.33. The van der Waals surface area contributed by atoms with Crippen LogP contribution >= 0.6 is 0 Å². The van der Waals surface area contributed by atoms with Crippen LogP contribution in [0.15, 0.2) is 77.6 Å². The van der Waals surface area contributed by atoms with Crippen LogP contribution in [-0.4, -0.2) is 37.8 Å². The molecular formula is C24H16N4O5. The molecule has 33 heavy (non-hydrogen) atoms. The number of hydrogen-bond donors (Lipinski definition) is 0. The molecule has 0 N–H and O–H groups in total. The smallest absolute Gasteiger partial charge is 0.338 e. The largest absolute Gasteiger partial charge is 0.452 e. The lowest BCUT2D eigenvalue weighted by Crippen LogP contribution is -2.29. The maximum atomic E-state index is 12.6. The number of fused-ring (bicyclic) bond motifs is 1. The number of amides is 2. The Hall–Kier alpha value is -4.66. The molecule has 3 heterocycles. The molecule has 0 spiro atoms. The van der Waals surface area contributed by atoms with Crippen molar-refractivity contribution in [3.63, 3.8) is 0 Å². The molecule has 0 unspecified atom stereocenters. The Morgan fingerprint density at radius 3 is 2.48 bits per heavy atom. The van der Waals surface area contributed by atoms with E-state index in [9.17, 15) is 14.4 Å². The molecule has 9 heteroatoms. The molecular weight excluding hydrogens is 424 g/mol. The van der Waals surface area contributed by atoms with Gasteiger partial charge in [0.15, 0.2) is 6.61 Å². The molecule has 0 radical (unpaired) electrons. The SMILES string of the molecule is O=C(OCc1nc(-c2cccnc2)no1)c1cccc(CN2C(=O)c3ccccc3C2=O)c1. The number of benzene rings is 2. The van der Waals surface area contributed by atoms with Crippen molar-refractivity contribution in [2.75, 3.05) is 0 Å². The zero-order chi connectivity index (χ0) is 22.8. The monoisotopic (exact) mass is 440 g/mol. The van der Waals surface area contributed by atoms with E-state index in [-0.39, 0.29) is 36.4 Å². The van der Waals surface area contributed by atoms with E-state index in [1.165, 1.54) is 0 Å². The summed E-state index contributed by atoms with van der Waals surface area (Å²) >= 11 is 0. The Morgan fingerprint density at radius 1 is 0.970 bits per heavy atom. The Labute approximate surface area is 187 Å². The van der Waals surface area contributed by atoms with E-state index in [4.69, 9.17) is 9.26 Å². The molecule has 0 fully saturated rings.